The summed E-state index contributed by atoms with van der Waals surface area (Å²) < 4.78 is 44.8. The molecule has 2 atom stereocenters. The molecule has 1 fully saturated rings. The van der Waals surface area contributed by atoms with Crippen molar-refractivity contribution in [1.29, 1.82) is 0 Å². The zero-order chi connectivity index (χ0) is 22.8. The van der Waals surface area contributed by atoms with Crippen molar-refractivity contribution in [2.24, 2.45) is 5.41 Å². The van der Waals surface area contributed by atoms with E-state index in [1.165, 1.54) is 12.3 Å². The number of carbonyl (C=O) groups is 1. The number of aryl methyl sites for hydroxylation is 1. The Hall–Kier alpha value is -2.68. The zero-order valence-corrected chi connectivity index (χ0v) is 18.0. The molecule has 3 heterocycles. The predicted octanol–water partition coefficient (Wildman–Crippen LogP) is 3.42. The molecule has 1 aliphatic heterocycles. The van der Waals surface area contributed by atoms with Gasteiger partial charge in [0, 0.05) is 43.1 Å². The van der Waals surface area contributed by atoms with E-state index in [2.05, 4.69) is 20.2 Å². The van der Waals surface area contributed by atoms with Gasteiger partial charge < -0.3 is 15.0 Å². The summed E-state index contributed by atoms with van der Waals surface area (Å²) in [5, 5.41) is 3.06. The van der Waals surface area contributed by atoms with Crippen LogP contribution >= 0.6 is 0 Å². The van der Waals surface area contributed by atoms with Crippen LogP contribution in [0.5, 0.6) is 5.88 Å². The molecular formula is C22H27F3N4O2. The molecule has 31 heavy (non-hydrogen) atoms. The Morgan fingerprint density at radius 3 is 2.61 bits per heavy atom. The number of pyridine rings is 2. The van der Waals surface area contributed by atoms with Gasteiger partial charge in [-0.05, 0) is 51.6 Å². The third-order valence-electron chi connectivity index (χ3n) is 5.44. The first-order valence-electron chi connectivity index (χ1n) is 10.0. The number of hydrogen-bond donors (Lipinski definition) is 1. The van der Waals surface area contributed by atoms with Crippen LogP contribution in [0.2, 0.25) is 0 Å². The Bertz CT molecular complexity index is 916. The highest BCUT2D eigenvalue weighted by molar-refractivity contribution is 5.82. The molecule has 1 N–H and O–H groups in total. The first-order valence-corrected chi connectivity index (χ1v) is 10.0. The molecule has 1 saturated heterocycles. The van der Waals surface area contributed by atoms with E-state index >= 15 is 0 Å². The standard InChI is InChI=1S/C22H27F3N4O2/c1-14-7-8-15(10-27-14)16-11-29(4)12-18(16)28-20(30)21(2,3)13-31-19-17(22(23,24)25)6-5-9-26-19/h5-10,16,18H,11-13H2,1-4H3,(H,28,30). The number of likely N-dealkylation sites (N-methyl/N-ethyl adjacent to an activating group) is 1. The molecule has 6 nitrogen and oxygen atoms in total. The number of carbonyl (C=O) groups excluding carboxylic acids is 1. The summed E-state index contributed by atoms with van der Waals surface area (Å²) in [5.74, 6) is -0.742. The Morgan fingerprint density at radius 2 is 1.97 bits per heavy atom. The SMILES string of the molecule is Cc1ccc(C2CN(C)CC2NC(=O)C(C)(C)COc2ncccc2C(F)(F)F)cn1. The Labute approximate surface area is 179 Å². The monoisotopic (exact) mass is 436 g/mol. The highest BCUT2D eigenvalue weighted by atomic mass is 19.4. The van der Waals surface area contributed by atoms with Crippen LogP contribution in [0.15, 0.2) is 36.7 Å². The number of halogens is 3. The second-order valence-corrected chi connectivity index (χ2v) is 8.67. The van der Waals surface area contributed by atoms with Gasteiger partial charge in [-0.1, -0.05) is 6.07 Å². The summed E-state index contributed by atoms with van der Waals surface area (Å²) in [6.45, 7) is 6.39. The molecule has 1 aliphatic rings. The molecule has 0 saturated carbocycles. The van der Waals surface area contributed by atoms with Crippen molar-refractivity contribution in [3.63, 3.8) is 0 Å². The van der Waals surface area contributed by atoms with Crippen LogP contribution < -0.4 is 10.1 Å². The number of alkyl halides is 3. The van der Waals surface area contributed by atoms with Crippen molar-refractivity contribution in [2.45, 2.75) is 38.9 Å². The lowest BCUT2D eigenvalue weighted by Gasteiger charge is -2.28. The second kappa shape index (κ2) is 8.82. The van der Waals surface area contributed by atoms with E-state index in [4.69, 9.17) is 4.74 Å². The van der Waals surface area contributed by atoms with Gasteiger partial charge in [-0.15, -0.1) is 0 Å². The molecule has 2 aromatic heterocycles. The lowest BCUT2D eigenvalue weighted by atomic mass is 9.90. The first kappa shape index (κ1) is 23.0. The Balaban J connectivity index is 1.68. The normalized spacial score (nSPS) is 20.0. The van der Waals surface area contributed by atoms with E-state index in [9.17, 15) is 18.0 Å². The predicted molar refractivity (Wildman–Crippen MR) is 110 cm³/mol. The molecule has 2 aromatic rings. The Morgan fingerprint density at radius 1 is 1.23 bits per heavy atom. The van der Waals surface area contributed by atoms with Gasteiger partial charge in [0.15, 0.2) is 0 Å². The van der Waals surface area contributed by atoms with Crippen LogP contribution in [0.1, 0.15) is 36.6 Å². The maximum absolute atomic E-state index is 13.2. The summed E-state index contributed by atoms with van der Waals surface area (Å²) in [5.41, 5.74) is -0.0626. The molecule has 168 valence electrons. The lowest BCUT2D eigenvalue weighted by molar-refractivity contribution is -0.139. The largest absolute Gasteiger partial charge is 0.476 e. The summed E-state index contributed by atoms with van der Waals surface area (Å²) in [4.78, 5) is 23.2. The molecule has 0 bridgehead atoms. The van der Waals surface area contributed by atoms with Gasteiger partial charge in [0.05, 0.1) is 5.41 Å². The number of amides is 1. The van der Waals surface area contributed by atoms with Crippen LogP contribution in [-0.2, 0) is 11.0 Å². The van der Waals surface area contributed by atoms with Gasteiger partial charge in [0.25, 0.3) is 0 Å². The van der Waals surface area contributed by atoms with E-state index in [-0.39, 0.29) is 24.5 Å². The van der Waals surface area contributed by atoms with Crippen molar-refractivity contribution < 1.29 is 22.7 Å². The van der Waals surface area contributed by atoms with Gasteiger partial charge in [-0.2, -0.15) is 13.2 Å². The number of ether oxygens (including phenoxy) is 1. The van der Waals surface area contributed by atoms with Crippen molar-refractivity contribution >= 4 is 5.91 Å². The van der Waals surface area contributed by atoms with E-state index in [1.807, 2.05) is 32.3 Å². The van der Waals surface area contributed by atoms with Crippen molar-refractivity contribution in [3.8, 4) is 5.88 Å². The molecule has 1 amide bonds. The molecule has 3 rings (SSSR count). The van der Waals surface area contributed by atoms with Crippen LogP contribution in [0, 0.1) is 12.3 Å². The molecule has 0 spiro atoms. The Kier molecular flexibility index (Phi) is 6.54. The number of nitrogens with one attached hydrogen (secondary N) is 1. The van der Waals surface area contributed by atoms with Crippen molar-refractivity contribution in [2.75, 3.05) is 26.7 Å². The second-order valence-electron chi connectivity index (χ2n) is 8.67. The van der Waals surface area contributed by atoms with Gasteiger partial charge in [0.2, 0.25) is 11.8 Å². The van der Waals surface area contributed by atoms with Gasteiger partial charge in [-0.3, -0.25) is 9.78 Å². The number of aromatic nitrogens is 2. The minimum absolute atomic E-state index is 0.0754. The quantitative estimate of drug-likeness (QED) is 0.752. The van der Waals surface area contributed by atoms with E-state index in [0.717, 1.165) is 23.9 Å². The van der Waals surface area contributed by atoms with E-state index in [1.54, 1.807) is 13.8 Å². The molecule has 0 aliphatic carbocycles. The van der Waals surface area contributed by atoms with Crippen molar-refractivity contribution in [3.05, 3.63) is 53.5 Å². The van der Waals surface area contributed by atoms with E-state index in [0.29, 0.717) is 6.54 Å². The van der Waals surface area contributed by atoms with Gasteiger partial charge in [0.1, 0.15) is 12.2 Å². The topological polar surface area (TPSA) is 67.4 Å². The van der Waals surface area contributed by atoms with Crippen LogP contribution in [-0.4, -0.2) is 53.6 Å². The molecule has 9 heteroatoms. The average molecular weight is 436 g/mol. The summed E-state index contributed by atoms with van der Waals surface area (Å²) in [7, 11) is 1.98. The highest BCUT2D eigenvalue weighted by Crippen LogP contribution is 2.35. The number of hydrogen-bond acceptors (Lipinski definition) is 5. The highest BCUT2D eigenvalue weighted by Gasteiger charge is 2.39. The number of likely N-dealkylation sites (tertiary alicyclic amines) is 1. The number of rotatable bonds is 6. The fourth-order valence-corrected chi connectivity index (χ4v) is 3.58. The minimum atomic E-state index is -4.58. The fourth-order valence-electron chi connectivity index (χ4n) is 3.58. The third-order valence-corrected chi connectivity index (χ3v) is 5.44. The third kappa shape index (κ3) is 5.52. The molecule has 0 radical (unpaired) electrons. The molecule has 0 aromatic carbocycles. The lowest BCUT2D eigenvalue weighted by Crippen LogP contribution is -2.48. The maximum atomic E-state index is 13.2. The zero-order valence-electron chi connectivity index (χ0n) is 18.0. The van der Waals surface area contributed by atoms with Gasteiger partial charge >= 0.3 is 6.18 Å². The van der Waals surface area contributed by atoms with Crippen LogP contribution in [0.25, 0.3) is 0 Å². The summed E-state index contributed by atoms with van der Waals surface area (Å²) >= 11 is 0. The summed E-state index contributed by atoms with van der Waals surface area (Å²) in [6, 6.07) is 5.92. The number of nitrogens with zero attached hydrogens (tertiary/aromatic N) is 3. The average Bonchev–Trinajstić information content (AvgIpc) is 3.06. The molecular weight excluding hydrogens is 409 g/mol. The van der Waals surface area contributed by atoms with Crippen molar-refractivity contribution in [1.82, 2.24) is 20.2 Å². The summed E-state index contributed by atoms with van der Waals surface area (Å²) in [6.07, 6.45) is -1.53. The maximum Gasteiger partial charge on any atom is 0.421 e. The minimum Gasteiger partial charge on any atom is -0.476 e. The van der Waals surface area contributed by atoms with Gasteiger partial charge in [-0.25, -0.2) is 4.98 Å². The first-order chi connectivity index (χ1) is 14.5. The van der Waals surface area contributed by atoms with Crippen LogP contribution in [0.3, 0.4) is 0 Å². The fraction of sp³-hybridized carbons (Fsp3) is 0.500. The smallest absolute Gasteiger partial charge is 0.421 e. The van der Waals surface area contributed by atoms with Crippen LogP contribution in [0.4, 0.5) is 13.2 Å². The van der Waals surface area contributed by atoms with E-state index < -0.39 is 23.0 Å². The molecule has 2 unspecified atom stereocenters.